The molecule has 3 rings (SSSR count). The molecule has 1 aromatic heterocycles. The molecule has 1 aliphatic rings. The standard InChI is InChI=1S/C20H21F3N2O/c1-24-17-8-5-14(6-9-17)11-15-3-2-4-18(12-15)26-19-10-7-16(13-25-19)20(21,22)23/h2-4,7,10-13,17,24H,5-6,8-9H2,1H3. The molecular formula is C20H21F3N2O. The van der Waals surface area contributed by atoms with Crippen molar-refractivity contribution in [2.45, 2.75) is 37.9 Å². The first-order valence-electron chi connectivity index (χ1n) is 8.62. The molecule has 138 valence electrons. The lowest BCUT2D eigenvalue weighted by atomic mass is 9.90. The molecule has 6 heteroatoms. The third-order valence-electron chi connectivity index (χ3n) is 4.55. The number of hydrogen-bond donors (Lipinski definition) is 1. The second-order valence-electron chi connectivity index (χ2n) is 6.42. The number of halogens is 3. The SMILES string of the molecule is CNC1CCC(=Cc2cccc(Oc3ccc(C(F)(F)F)cn3)c2)CC1. The molecule has 0 spiro atoms. The molecule has 2 aromatic rings. The van der Waals surface area contributed by atoms with Crippen LogP contribution in [-0.2, 0) is 6.18 Å². The van der Waals surface area contributed by atoms with Gasteiger partial charge in [0, 0.05) is 18.3 Å². The lowest BCUT2D eigenvalue weighted by Gasteiger charge is -2.23. The molecule has 0 aliphatic heterocycles. The first kappa shape index (κ1) is 18.5. The zero-order valence-electron chi connectivity index (χ0n) is 14.5. The van der Waals surface area contributed by atoms with Crippen LogP contribution in [0.3, 0.4) is 0 Å². The van der Waals surface area contributed by atoms with Crippen LogP contribution in [0.5, 0.6) is 11.6 Å². The maximum atomic E-state index is 12.6. The number of hydrogen-bond acceptors (Lipinski definition) is 3. The summed E-state index contributed by atoms with van der Waals surface area (Å²) < 4.78 is 43.3. The minimum absolute atomic E-state index is 0.136. The van der Waals surface area contributed by atoms with Gasteiger partial charge in [-0.3, -0.25) is 0 Å². The summed E-state index contributed by atoms with van der Waals surface area (Å²) in [6.45, 7) is 0. The third kappa shape index (κ3) is 4.85. The quantitative estimate of drug-likeness (QED) is 0.787. The Labute approximate surface area is 150 Å². The number of rotatable bonds is 4. The predicted molar refractivity (Wildman–Crippen MR) is 95.0 cm³/mol. The Kier molecular flexibility index (Phi) is 5.61. The molecule has 0 radical (unpaired) electrons. The Balaban J connectivity index is 1.68. The van der Waals surface area contributed by atoms with E-state index < -0.39 is 11.7 Å². The van der Waals surface area contributed by atoms with Gasteiger partial charge in [-0.25, -0.2) is 4.98 Å². The number of pyridine rings is 1. The van der Waals surface area contributed by atoms with Gasteiger partial charge >= 0.3 is 6.18 Å². The zero-order valence-corrected chi connectivity index (χ0v) is 14.5. The summed E-state index contributed by atoms with van der Waals surface area (Å²) in [5, 5.41) is 3.31. The van der Waals surface area contributed by atoms with Crippen LogP contribution in [0.25, 0.3) is 6.08 Å². The van der Waals surface area contributed by atoms with Gasteiger partial charge in [0.05, 0.1) is 5.56 Å². The van der Waals surface area contributed by atoms with Crippen molar-refractivity contribution in [3.63, 3.8) is 0 Å². The minimum Gasteiger partial charge on any atom is -0.439 e. The summed E-state index contributed by atoms with van der Waals surface area (Å²) in [6, 6.07) is 10.3. The number of nitrogens with one attached hydrogen (secondary N) is 1. The Hall–Kier alpha value is -2.34. The average Bonchev–Trinajstić information content (AvgIpc) is 2.62. The first-order chi connectivity index (χ1) is 12.4. The van der Waals surface area contributed by atoms with Crippen LogP contribution in [0.4, 0.5) is 13.2 Å². The topological polar surface area (TPSA) is 34.1 Å². The molecule has 1 N–H and O–H groups in total. The summed E-state index contributed by atoms with van der Waals surface area (Å²) in [5.41, 5.74) is 1.63. The Morgan fingerprint density at radius 3 is 2.54 bits per heavy atom. The number of allylic oxidation sites excluding steroid dienone is 1. The van der Waals surface area contributed by atoms with E-state index in [9.17, 15) is 13.2 Å². The Morgan fingerprint density at radius 2 is 1.92 bits per heavy atom. The highest BCUT2D eigenvalue weighted by atomic mass is 19.4. The van der Waals surface area contributed by atoms with Crippen LogP contribution in [0, 0.1) is 0 Å². The monoisotopic (exact) mass is 362 g/mol. The van der Waals surface area contributed by atoms with E-state index in [1.807, 2.05) is 25.2 Å². The molecule has 0 atom stereocenters. The summed E-state index contributed by atoms with van der Waals surface area (Å²) >= 11 is 0. The van der Waals surface area contributed by atoms with Gasteiger partial charge in [-0.1, -0.05) is 23.8 Å². The fourth-order valence-corrected chi connectivity index (χ4v) is 3.05. The summed E-state index contributed by atoms with van der Waals surface area (Å²) in [7, 11) is 2.00. The van der Waals surface area contributed by atoms with Crippen LogP contribution >= 0.6 is 0 Å². The maximum absolute atomic E-state index is 12.6. The molecule has 0 amide bonds. The summed E-state index contributed by atoms with van der Waals surface area (Å²) in [6.07, 6.45) is 2.94. The predicted octanol–water partition coefficient (Wildman–Crippen LogP) is 5.44. The van der Waals surface area contributed by atoms with Gasteiger partial charge in [0.1, 0.15) is 5.75 Å². The molecule has 0 bridgehead atoms. The third-order valence-corrected chi connectivity index (χ3v) is 4.55. The lowest BCUT2D eigenvalue weighted by molar-refractivity contribution is -0.137. The van der Waals surface area contributed by atoms with Gasteiger partial charge in [-0.15, -0.1) is 0 Å². The van der Waals surface area contributed by atoms with Crippen LogP contribution < -0.4 is 10.1 Å². The van der Waals surface area contributed by atoms with Crippen molar-refractivity contribution in [2.24, 2.45) is 0 Å². The summed E-state index contributed by atoms with van der Waals surface area (Å²) in [4.78, 5) is 3.74. The Morgan fingerprint density at radius 1 is 1.15 bits per heavy atom. The average molecular weight is 362 g/mol. The van der Waals surface area contributed by atoms with Crippen molar-refractivity contribution in [2.75, 3.05) is 7.05 Å². The van der Waals surface area contributed by atoms with Crippen LogP contribution in [-0.4, -0.2) is 18.1 Å². The molecule has 26 heavy (non-hydrogen) atoms. The van der Waals surface area contributed by atoms with E-state index in [1.54, 1.807) is 6.07 Å². The van der Waals surface area contributed by atoms with Crippen LogP contribution in [0.2, 0.25) is 0 Å². The number of nitrogens with zero attached hydrogens (tertiary/aromatic N) is 1. The van der Waals surface area contributed by atoms with Crippen LogP contribution in [0.1, 0.15) is 36.8 Å². The molecule has 1 aromatic carbocycles. The van der Waals surface area contributed by atoms with Gasteiger partial charge in [0.15, 0.2) is 0 Å². The van der Waals surface area contributed by atoms with E-state index in [-0.39, 0.29) is 5.88 Å². The van der Waals surface area contributed by atoms with Crippen molar-refractivity contribution in [1.29, 1.82) is 0 Å². The van der Waals surface area contributed by atoms with Gasteiger partial charge in [-0.2, -0.15) is 13.2 Å². The first-order valence-corrected chi connectivity index (χ1v) is 8.62. The number of alkyl halides is 3. The van der Waals surface area contributed by atoms with E-state index in [1.165, 1.54) is 11.6 Å². The fraction of sp³-hybridized carbons (Fsp3) is 0.350. The van der Waals surface area contributed by atoms with Crippen molar-refractivity contribution in [3.05, 3.63) is 59.3 Å². The molecular weight excluding hydrogens is 341 g/mol. The van der Waals surface area contributed by atoms with Crippen molar-refractivity contribution >= 4 is 6.08 Å². The van der Waals surface area contributed by atoms with E-state index in [0.717, 1.165) is 43.5 Å². The molecule has 1 saturated carbocycles. The maximum Gasteiger partial charge on any atom is 0.417 e. The molecule has 3 nitrogen and oxygen atoms in total. The zero-order chi connectivity index (χ0) is 18.6. The molecule has 0 unspecified atom stereocenters. The second-order valence-corrected chi connectivity index (χ2v) is 6.42. The lowest BCUT2D eigenvalue weighted by Crippen LogP contribution is -2.27. The van der Waals surface area contributed by atoms with Crippen molar-refractivity contribution in [3.8, 4) is 11.6 Å². The second kappa shape index (κ2) is 7.91. The van der Waals surface area contributed by atoms with Gasteiger partial charge < -0.3 is 10.1 Å². The van der Waals surface area contributed by atoms with Crippen molar-refractivity contribution in [1.82, 2.24) is 10.3 Å². The number of benzene rings is 1. The molecule has 0 saturated heterocycles. The van der Waals surface area contributed by atoms with E-state index in [2.05, 4.69) is 16.4 Å². The van der Waals surface area contributed by atoms with Crippen LogP contribution in [0.15, 0.2) is 48.2 Å². The normalized spacial score (nSPS) is 17.8. The number of aromatic nitrogens is 1. The Bertz CT molecular complexity index is 759. The van der Waals surface area contributed by atoms with E-state index in [0.29, 0.717) is 11.8 Å². The minimum atomic E-state index is -4.40. The van der Waals surface area contributed by atoms with E-state index in [4.69, 9.17) is 4.74 Å². The highest BCUT2D eigenvalue weighted by Crippen LogP contribution is 2.30. The molecule has 1 aliphatic carbocycles. The smallest absolute Gasteiger partial charge is 0.417 e. The van der Waals surface area contributed by atoms with Crippen molar-refractivity contribution < 1.29 is 17.9 Å². The molecule has 1 heterocycles. The summed E-state index contributed by atoms with van der Waals surface area (Å²) in [5.74, 6) is 0.688. The largest absolute Gasteiger partial charge is 0.439 e. The van der Waals surface area contributed by atoms with Gasteiger partial charge in [0.2, 0.25) is 5.88 Å². The highest BCUT2D eigenvalue weighted by Gasteiger charge is 2.30. The highest BCUT2D eigenvalue weighted by molar-refractivity contribution is 5.55. The number of ether oxygens (including phenoxy) is 1. The van der Waals surface area contributed by atoms with Gasteiger partial charge in [0.25, 0.3) is 0 Å². The van der Waals surface area contributed by atoms with Gasteiger partial charge in [-0.05, 0) is 56.5 Å². The molecule has 1 fully saturated rings. The fourth-order valence-electron chi connectivity index (χ4n) is 3.05. The van der Waals surface area contributed by atoms with E-state index >= 15 is 0 Å².